The van der Waals surface area contributed by atoms with Crippen molar-refractivity contribution in [3.05, 3.63) is 29.8 Å². The van der Waals surface area contributed by atoms with Gasteiger partial charge < -0.3 is 9.31 Å². The summed E-state index contributed by atoms with van der Waals surface area (Å²) >= 11 is 0. The molecule has 2 rings (SSSR count). The normalized spacial score (nSPS) is 20.9. The minimum absolute atomic E-state index is 0.301. The van der Waals surface area contributed by atoms with E-state index in [2.05, 4.69) is 0 Å². The maximum absolute atomic E-state index is 10.2. The Bertz CT molecular complexity index is 442. The number of hydrogen-bond donors (Lipinski definition) is 0. The molecule has 1 fully saturated rings. The second-order valence-electron chi connectivity index (χ2n) is 5.68. The molecule has 0 aliphatic carbocycles. The van der Waals surface area contributed by atoms with E-state index in [4.69, 9.17) is 13.8 Å². The molecule has 0 N–H and O–H groups in total. The van der Waals surface area contributed by atoms with E-state index in [0.29, 0.717) is 6.61 Å². The van der Waals surface area contributed by atoms with Crippen molar-refractivity contribution in [2.45, 2.75) is 45.5 Å². The van der Waals surface area contributed by atoms with Crippen LogP contribution in [0.15, 0.2) is 24.3 Å². The molecule has 0 amide bonds. The Balaban J connectivity index is 2.10. The molecule has 0 radical (unpaired) electrons. The Labute approximate surface area is 115 Å². The van der Waals surface area contributed by atoms with Crippen molar-refractivity contribution in [2.75, 3.05) is 0 Å². The van der Waals surface area contributed by atoms with Crippen LogP contribution in [0.1, 0.15) is 33.3 Å². The van der Waals surface area contributed by atoms with Crippen molar-refractivity contribution in [2.24, 2.45) is 0 Å². The van der Waals surface area contributed by atoms with Crippen LogP contribution in [-0.4, -0.2) is 18.3 Å². The predicted octanol–water partition coefficient (Wildman–Crippen LogP) is 2.71. The summed E-state index contributed by atoms with van der Waals surface area (Å²) in [5.41, 5.74) is 1.27. The molecule has 1 heterocycles. The molecule has 6 heteroatoms. The van der Waals surface area contributed by atoms with Crippen LogP contribution in [0.5, 0.6) is 0 Å². The second-order valence-corrected chi connectivity index (χ2v) is 6.09. The molecule has 1 aromatic carbocycles. The Hall–Kier alpha value is -0.735. The van der Waals surface area contributed by atoms with Crippen LogP contribution in [-0.2, 0) is 25.0 Å². The smallest absolute Gasteiger partial charge is 0.399 e. The van der Waals surface area contributed by atoms with Crippen molar-refractivity contribution in [3.63, 3.8) is 0 Å². The van der Waals surface area contributed by atoms with Gasteiger partial charge in [-0.05, 0) is 38.7 Å². The first kappa shape index (κ1) is 14.7. The lowest BCUT2D eigenvalue weighted by Crippen LogP contribution is -2.41. The third-order valence-electron chi connectivity index (χ3n) is 3.79. The molecule has 0 atom stereocenters. The zero-order valence-corrected chi connectivity index (χ0v) is 12.6. The highest BCUT2D eigenvalue weighted by atomic mass is 31.1. The van der Waals surface area contributed by atoms with Crippen molar-refractivity contribution in [1.82, 2.24) is 0 Å². The highest BCUT2D eigenvalue weighted by Gasteiger charge is 2.51. The standard InChI is InChI=1S/C13H18BO4P/c1-12(2)13(3,4)18-14(17-12)11-7-5-10(6-8-11)9-16-19-15/h5-8H,9H2,1-4H3. The Morgan fingerprint density at radius 3 is 2.11 bits per heavy atom. The lowest BCUT2D eigenvalue weighted by atomic mass is 9.79. The maximum Gasteiger partial charge on any atom is 0.494 e. The molecule has 1 aliphatic heterocycles. The van der Waals surface area contributed by atoms with Crippen molar-refractivity contribution >= 4 is 21.3 Å². The minimum Gasteiger partial charge on any atom is -0.399 e. The number of benzene rings is 1. The number of hydrogen-bond acceptors (Lipinski definition) is 4. The van der Waals surface area contributed by atoms with Crippen LogP contribution >= 0.6 is 8.69 Å². The molecular formula is C13H18BO4P. The molecule has 0 aromatic heterocycles. The Morgan fingerprint density at radius 1 is 1.11 bits per heavy atom. The van der Waals surface area contributed by atoms with Crippen molar-refractivity contribution in [3.8, 4) is 0 Å². The Morgan fingerprint density at radius 2 is 1.63 bits per heavy atom. The predicted molar refractivity (Wildman–Crippen MR) is 74.6 cm³/mol. The van der Waals surface area contributed by atoms with Gasteiger partial charge in [-0.15, -0.1) is 0 Å². The van der Waals surface area contributed by atoms with Crippen LogP contribution in [0.3, 0.4) is 0 Å². The molecule has 19 heavy (non-hydrogen) atoms. The molecule has 0 bridgehead atoms. The van der Waals surface area contributed by atoms with Gasteiger partial charge in [-0.25, -0.2) is 4.57 Å². The first-order chi connectivity index (χ1) is 8.86. The summed E-state index contributed by atoms with van der Waals surface area (Å²) in [4.78, 5) is 0. The molecule has 102 valence electrons. The zero-order valence-electron chi connectivity index (χ0n) is 11.7. The third-order valence-corrected chi connectivity index (χ3v) is 4.02. The molecule has 1 aliphatic rings. The molecule has 4 nitrogen and oxygen atoms in total. The van der Waals surface area contributed by atoms with Gasteiger partial charge >= 0.3 is 15.8 Å². The van der Waals surface area contributed by atoms with E-state index in [1.54, 1.807) is 0 Å². The lowest BCUT2D eigenvalue weighted by molar-refractivity contribution is 0.00578. The fourth-order valence-corrected chi connectivity index (χ4v) is 2.05. The summed E-state index contributed by atoms with van der Waals surface area (Å²) in [6.45, 7) is 8.45. The molecule has 0 unspecified atom stereocenters. The SMILES string of the molecule is CC1(C)OB(c2ccc(COP=O)cc2)OC1(C)C. The molecule has 1 aromatic rings. The van der Waals surface area contributed by atoms with E-state index in [0.717, 1.165) is 11.0 Å². The van der Waals surface area contributed by atoms with E-state index in [-0.39, 0.29) is 27.0 Å². The van der Waals surface area contributed by atoms with Gasteiger partial charge in [0.05, 0.1) is 17.8 Å². The summed E-state index contributed by atoms with van der Waals surface area (Å²) in [5.74, 6) is 0. The van der Waals surface area contributed by atoms with Gasteiger partial charge in [-0.3, -0.25) is 4.52 Å². The minimum atomic E-state index is -0.349. The third kappa shape index (κ3) is 3.06. The maximum atomic E-state index is 10.2. The van der Waals surface area contributed by atoms with Crippen LogP contribution in [0.25, 0.3) is 0 Å². The lowest BCUT2D eigenvalue weighted by Gasteiger charge is -2.32. The summed E-state index contributed by atoms with van der Waals surface area (Å²) in [7, 11) is -0.651. The molecule has 1 saturated heterocycles. The van der Waals surface area contributed by atoms with Gasteiger partial charge in [0, 0.05) is 0 Å². The monoisotopic (exact) mass is 280 g/mol. The van der Waals surface area contributed by atoms with Gasteiger partial charge in [0.1, 0.15) is 0 Å². The van der Waals surface area contributed by atoms with Crippen LogP contribution < -0.4 is 5.46 Å². The quantitative estimate of drug-likeness (QED) is 0.628. The van der Waals surface area contributed by atoms with Crippen LogP contribution in [0.4, 0.5) is 0 Å². The van der Waals surface area contributed by atoms with Crippen LogP contribution in [0.2, 0.25) is 0 Å². The fraction of sp³-hybridized carbons (Fsp3) is 0.538. The summed E-state index contributed by atoms with van der Waals surface area (Å²) < 4.78 is 27.0. The summed E-state index contributed by atoms with van der Waals surface area (Å²) in [5, 5.41) is 0. The van der Waals surface area contributed by atoms with Gasteiger partial charge in [0.15, 0.2) is 0 Å². The first-order valence-corrected chi connectivity index (χ1v) is 6.98. The van der Waals surface area contributed by atoms with Gasteiger partial charge in [-0.1, -0.05) is 24.3 Å². The Kier molecular flexibility index (Phi) is 4.12. The average Bonchev–Trinajstić information content (AvgIpc) is 2.56. The zero-order chi connectivity index (χ0) is 14.1. The summed E-state index contributed by atoms with van der Waals surface area (Å²) in [6.07, 6.45) is 0. The highest BCUT2D eigenvalue weighted by molar-refractivity contribution is 7.17. The van der Waals surface area contributed by atoms with E-state index < -0.39 is 0 Å². The topological polar surface area (TPSA) is 44.8 Å². The van der Waals surface area contributed by atoms with Crippen molar-refractivity contribution in [1.29, 1.82) is 0 Å². The molecule has 0 spiro atoms. The van der Waals surface area contributed by atoms with Crippen molar-refractivity contribution < 1.29 is 18.4 Å². The summed E-state index contributed by atoms with van der Waals surface area (Å²) in [6, 6.07) is 7.74. The second kappa shape index (κ2) is 5.33. The molecular weight excluding hydrogens is 262 g/mol. The largest absolute Gasteiger partial charge is 0.494 e. The van der Waals surface area contributed by atoms with E-state index in [1.807, 2.05) is 52.0 Å². The number of rotatable bonds is 4. The first-order valence-electron chi connectivity index (χ1n) is 6.25. The average molecular weight is 280 g/mol. The molecule has 0 saturated carbocycles. The van der Waals surface area contributed by atoms with E-state index in [1.165, 1.54) is 0 Å². The van der Waals surface area contributed by atoms with E-state index in [9.17, 15) is 4.57 Å². The van der Waals surface area contributed by atoms with Gasteiger partial charge in [0.2, 0.25) is 0 Å². The van der Waals surface area contributed by atoms with Gasteiger partial charge in [0.25, 0.3) is 0 Å². The highest BCUT2D eigenvalue weighted by Crippen LogP contribution is 2.36. The van der Waals surface area contributed by atoms with E-state index >= 15 is 0 Å². The van der Waals surface area contributed by atoms with Crippen LogP contribution in [0, 0.1) is 0 Å². The fourth-order valence-electron chi connectivity index (χ4n) is 1.85. The van der Waals surface area contributed by atoms with Gasteiger partial charge in [-0.2, -0.15) is 0 Å².